The van der Waals surface area contributed by atoms with E-state index in [9.17, 15) is 13.6 Å². The predicted molar refractivity (Wildman–Crippen MR) is 72.0 cm³/mol. The van der Waals surface area contributed by atoms with E-state index in [4.69, 9.17) is 4.74 Å². The number of hydrogen-bond donors (Lipinski definition) is 0. The van der Waals surface area contributed by atoms with E-state index in [1.165, 1.54) is 37.3 Å². The number of ether oxygens (including phenoxy) is 1. The topological polar surface area (TPSA) is 26.3 Å². The van der Waals surface area contributed by atoms with Crippen molar-refractivity contribution < 1.29 is 18.3 Å². The molecule has 4 heteroatoms. The third-order valence-corrected chi connectivity index (χ3v) is 2.96. The molecule has 0 heterocycles. The van der Waals surface area contributed by atoms with Crippen LogP contribution in [0.4, 0.5) is 8.78 Å². The first kappa shape index (κ1) is 14.2. The second-order valence-electron chi connectivity index (χ2n) is 4.52. The van der Waals surface area contributed by atoms with Crippen LogP contribution in [-0.4, -0.2) is 11.9 Å². The molecule has 1 unspecified atom stereocenters. The summed E-state index contributed by atoms with van der Waals surface area (Å²) in [5.74, 6) is -1.19. The van der Waals surface area contributed by atoms with Crippen molar-refractivity contribution in [3.63, 3.8) is 0 Å². The molecule has 104 valence electrons. The summed E-state index contributed by atoms with van der Waals surface area (Å²) in [7, 11) is 0. The zero-order valence-electron chi connectivity index (χ0n) is 11.2. The summed E-state index contributed by atoms with van der Waals surface area (Å²) in [4.78, 5) is 12.1. The molecule has 2 aromatic rings. The van der Waals surface area contributed by atoms with E-state index < -0.39 is 17.7 Å². The molecule has 20 heavy (non-hydrogen) atoms. The van der Waals surface area contributed by atoms with Gasteiger partial charge in [0.15, 0.2) is 17.7 Å². The van der Waals surface area contributed by atoms with Gasteiger partial charge in [0.05, 0.1) is 0 Å². The molecule has 0 bridgehead atoms. The highest BCUT2D eigenvalue weighted by atomic mass is 19.1. The fraction of sp³-hybridized carbons (Fsp3) is 0.188. The molecule has 0 aromatic heterocycles. The second-order valence-corrected chi connectivity index (χ2v) is 4.52. The molecule has 2 aromatic carbocycles. The number of halogens is 2. The number of ketones is 1. The molecular formula is C16H14F2O2. The Labute approximate surface area is 116 Å². The Bertz CT molecular complexity index is 621. The molecular weight excluding hydrogens is 262 g/mol. The Kier molecular flexibility index (Phi) is 4.13. The maximum Gasteiger partial charge on any atom is 0.202 e. The maximum absolute atomic E-state index is 13.8. The van der Waals surface area contributed by atoms with Crippen molar-refractivity contribution in [3.05, 3.63) is 65.2 Å². The van der Waals surface area contributed by atoms with Gasteiger partial charge in [0, 0.05) is 5.56 Å². The number of hydrogen-bond acceptors (Lipinski definition) is 2. The summed E-state index contributed by atoms with van der Waals surface area (Å²) in [5, 5.41) is 0. The van der Waals surface area contributed by atoms with E-state index in [0.29, 0.717) is 11.1 Å². The number of benzene rings is 2. The third-order valence-electron chi connectivity index (χ3n) is 2.96. The van der Waals surface area contributed by atoms with Gasteiger partial charge >= 0.3 is 0 Å². The molecule has 1 atom stereocenters. The molecule has 0 saturated heterocycles. The third kappa shape index (κ3) is 3.02. The Morgan fingerprint density at radius 1 is 1.10 bits per heavy atom. The van der Waals surface area contributed by atoms with E-state index in [2.05, 4.69) is 0 Å². The highest BCUT2D eigenvalue weighted by Crippen LogP contribution is 2.21. The molecule has 0 radical (unpaired) electrons. The van der Waals surface area contributed by atoms with Gasteiger partial charge < -0.3 is 4.74 Å². The van der Waals surface area contributed by atoms with Crippen LogP contribution >= 0.6 is 0 Å². The van der Waals surface area contributed by atoms with Crippen LogP contribution in [0.3, 0.4) is 0 Å². The minimum Gasteiger partial charge on any atom is -0.479 e. The van der Waals surface area contributed by atoms with Crippen LogP contribution < -0.4 is 4.74 Å². The minimum atomic E-state index is -0.850. The Morgan fingerprint density at radius 3 is 2.40 bits per heavy atom. The summed E-state index contributed by atoms with van der Waals surface area (Å²) in [6.45, 7) is 3.15. The van der Waals surface area contributed by atoms with Crippen molar-refractivity contribution in [2.75, 3.05) is 0 Å². The molecule has 0 aliphatic carbocycles. The maximum atomic E-state index is 13.8. The fourth-order valence-corrected chi connectivity index (χ4v) is 1.80. The largest absolute Gasteiger partial charge is 0.479 e. The number of Topliss-reactive ketones (excluding diaryl/α,β-unsaturated/α-hetero) is 1. The lowest BCUT2D eigenvalue weighted by molar-refractivity contribution is 0.0812. The molecule has 0 fully saturated rings. The van der Waals surface area contributed by atoms with Crippen molar-refractivity contribution in [1.29, 1.82) is 0 Å². The normalized spacial score (nSPS) is 12.0. The van der Waals surface area contributed by atoms with Gasteiger partial charge in [0.1, 0.15) is 5.82 Å². The Hall–Kier alpha value is -2.23. The van der Waals surface area contributed by atoms with Crippen LogP contribution in [0.5, 0.6) is 5.75 Å². The molecule has 0 aliphatic rings. The first-order chi connectivity index (χ1) is 9.49. The van der Waals surface area contributed by atoms with Gasteiger partial charge in [-0.2, -0.15) is 0 Å². The van der Waals surface area contributed by atoms with Gasteiger partial charge in [-0.1, -0.05) is 12.1 Å². The van der Waals surface area contributed by atoms with Crippen molar-refractivity contribution in [2.45, 2.75) is 20.0 Å². The fourth-order valence-electron chi connectivity index (χ4n) is 1.80. The van der Waals surface area contributed by atoms with Crippen LogP contribution in [0.25, 0.3) is 0 Å². The average molecular weight is 276 g/mol. The van der Waals surface area contributed by atoms with Crippen LogP contribution in [0, 0.1) is 18.6 Å². The smallest absolute Gasteiger partial charge is 0.202 e. The minimum absolute atomic E-state index is 0.0351. The molecule has 0 amide bonds. The Balaban J connectivity index is 2.15. The highest BCUT2D eigenvalue weighted by molar-refractivity contribution is 5.99. The number of rotatable bonds is 4. The SMILES string of the molecule is Cc1cccc(OC(C)C(=O)c2ccc(F)cc2)c1F. The van der Waals surface area contributed by atoms with E-state index in [1.54, 1.807) is 19.1 Å². The molecule has 2 nitrogen and oxygen atoms in total. The standard InChI is InChI=1S/C16H14F2O2/c1-10-4-3-5-14(15(10)18)20-11(2)16(19)12-6-8-13(17)9-7-12/h3-9,11H,1-2H3. The molecule has 0 N–H and O–H groups in total. The average Bonchev–Trinajstić information content (AvgIpc) is 2.44. The van der Waals surface area contributed by atoms with E-state index in [1.807, 2.05) is 0 Å². The van der Waals surface area contributed by atoms with Crippen LogP contribution in [0.2, 0.25) is 0 Å². The van der Waals surface area contributed by atoms with E-state index in [-0.39, 0.29) is 11.5 Å². The van der Waals surface area contributed by atoms with Gasteiger partial charge in [0.25, 0.3) is 0 Å². The van der Waals surface area contributed by atoms with E-state index in [0.717, 1.165) is 0 Å². The van der Waals surface area contributed by atoms with Crippen molar-refractivity contribution >= 4 is 5.78 Å². The first-order valence-electron chi connectivity index (χ1n) is 6.20. The number of carbonyl (C=O) groups is 1. The van der Waals surface area contributed by atoms with Crippen molar-refractivity contribution in [1.82, 2.24) is 0 Å². The van der Waals surface area contributed by atoms with Crippen LogP contribution in [0.1, 0.15) is 22.8 Å². The lowest BCUT2D eigenvalue weighted by Gasteiger charge is -2.15. The first-order valence-corrected chi connectivity index (χ1v) is 6.20. The number of aryl methyl sites for hydroxylation is 1. The summed E-state index contributed by atoms with van der Waals surface area (Å²) >= 11 is 0. The van der Waals surface area contributed by atoms with Gasteiger partial charge in [-0.25, -0.2) is 8.78 Å². The zero-order valence-corrected chi connectivity index (χ0v) is 11.2. The van der Waals surface area contributed by atoms with Crippen LogP contribution in [0.15, 0.2) is 42.5 Å². The Morgan fingerprint density at radius 2 is 1.75 bits per heavy atom. The quantitative estimate of drug-likeness (QED) is 0.791. The van der Waals surface area contributed by atoms with Gasteiger partial charge in [-0.05, 0) is 49.7 Å². The zero-order chi connectivity index (χ0) is 14.7. The predicted octanol–water partition coefficient (Wildman–Crippen LogP) is 3.92. The van der Waals surface area contributed by atoms with Crippen molar-refractivity contribution in [2.24, 2.45) is 0 Å². The lowest BCUT2D eigenvalue weighted by atomic mass is 10.1. The van der Waals surface area contributed by atoms with Gasteiger partial charge in [-0.3, -0.25) is 4.79 Å². The van der Waals surface area contributed by atoms with Gasteiger partial charge in [-0.15, -0.1) is 0 Å². The van der Waals surface area contributed by atoms with Crippen molar-refractivity contribution in [3.8, 4) is 5.75 Å². The monoisotopic (exact) mass is 276 g/mol. The summed E-state index contributed by atoms with van der Waals surface area (Å²) < 4.78 is 32.0. The highest BCUT2D eigenvalue weighted by Gasteiger charge is 2.18. The second kappa shape index (κ2) is 5.82. The summed E-state index contributed by atoms with van der Waals surface area (Å²) in [6, 6.07) is 9.91. The van der Waals surface area contributed by atoms with E-state index >= 15 is 0 Å². The lowest BCUT2D eigenvalue weighted by Crippen LogP contribution is -2.24. The van der Waals surface area contributed by atoms with Crippen LogP contribution in [-0.2, 0) is 0 Å². The molecule has 0 spiro atoms. The molecule has 0 saturated carbocycles. The molecule has 2 rings (SSSR count). The summed E-state index contributed by atoms with van der Waals surface area (Å²) in [6.07, 6.45) is -0.850. The summed E-state index contributed by atoms with van der Waals surface area (Å²) in [5.41, 5.74) is 0.774. The number of carbonyl (C=O) groups excluding carboxylic acids is 1. The molecule has 0 aliphatic heterocycles. The van der Waals surface area contributed by atoms with Gasteiger partial charge in [0.2, 0.25) is 5.78 Å².